The van der Waals surface area contributed by atoms with Crippen molar-refractivity contribution < 1.29 is 19.1 Å². The van der Waals surface area contributed by atoms with Crippen LogP contribution in [0.5, 0.6) is 0 Å². The lowest BCUT2D eigenvalue weighted by Gasteiger charge is -2.20. The van der Waals surface area contributed by atoms with Crippen molar-refractivity contribution in [2.75, 3.05) is 18.6 Å². The largest absolute Gasteiger partial charge is 0.465 e. The second-order valence-corrected chi connectivity index (χ2v) is 4.65. The van der Waals surface area contributed by atoms with Gasteiger partial charge < -0.3 is 9.64 Å². The molecule has 0 saturated carbocycles. The number of rotatable bonds is 2. The van der Waals surface area contributed by atoms with E-state index in [9.17, 15) is 14.4 Å². The van der Waals surface area contributed by atoms with Crippen LogP contribution in [0.2, 0.25) is 0 Å². The second kappa shape index (κ2) is 4.84. The molecule has 1 aliphatic rings. The Morgan fingerprint density at radius 3 is 2.21 bits per heavy atom. The zero-order chi connectivity index (χ0) is 14.2. The standard InChI is InChI=1S/C14H15NO4/c1-8-4-10(14(18)19-3)5-9(2)13(8)15-7-11(16)6-12(15)17/h4-5H,6-7H2,1-3H3. The molecular weight excluding hydrogens is 246 g/mol. The number of Topliss-reactive ketones (excluding diaryl/α,β-unsaturated/α-hetero) is 1. The fourth-order valence-electron chi connectivity index (χ4n) is 2.41. The first-order chi connectivity index (χ1) is 8.93. The Bertz CT molecular complexity index is 554. The molecule has 0 spiro atoms. The summed E-state index contributed by atoms with van der Waals surface area (Å²) >= 11 is 0. The molecule has 0 atom stereocenters. The van der Waals surface area contributed by atoms with Gasteiger partial charge in [0, 0.05) is 0 Å². The SMILES string of the molecule is COC(=O)c1cc(C)c(N2CC(=O)CC2=O)c(C)c1. The van der Waals surface area contributed by atoms with Crippen LogP contribution in [0.1, 0.15) is 27.9 Å². The maximum Gasteiger partial charge on any atom is 0.337 e. The zero-order valence-corrected chi connectivity index (χ0v) is 11.1. The van der Waals surface area contributed by atoms with Crippen molar-refractivity contribution in [3.63, 3.8) is 0 Å². The monoisotopic (exact) mass is 261 g/mol. The van der Waals surface area contributed by atoms with Crippen molar-refractivity contribution in [3.05, 3.63) is 28.8 Å². The van der Waals surface area contributed by atoms with Gasteiger partial charge in [-0.25, -0.2) is 4.79 Å². The van der Waals surface area contributed by atoms with E-state index >= 15 is 0 Å². The molecule has 1 saturated heterocycles. The fourth-order valence-corrected chi connectivity index (χ4v) is 2.41. The minimum atomic E-state index is -0.415. The summed E-state index contributed by atoms with van der Waals surface area (Å²) in [5, 5.41) is 0. The molecule has 1 fully saturated rings. The van der Waals surface area contributed by atoms with E-state index in [0.717, 1.165) is 11.1 Å². The summed E-state index contributed by atoms with van der Waals surface area (Å²) in [5.74, 6) is -0.690. The third kappa shape index (κ3) is 2.36. The molecule has 0 N–H and O–H groups in total. The number of aryl methyl sites for hydroxylation is 2. The van der Waals surface area contributed by atoms with E-state index in [-0.39, 0.29) is 24.7 Å². The Labute approximate surface area is 111 Å². The first-order valence-corrected chi connectivity index (χ1v) is 5.95. The molecule has 0 aliphatic carbocycles. The Kier molecular flexibility index (Phi) is 3.38. The minimum Gasteiger partial charge on any atom is -0.465 e. The number of amides is 1. The van der Waals surface area contributed by atoms with Crippen LogP contribution in [-0.4, -0.2) is 31.3 Å². The van der Waals surface area contributed by atoms with Crippen LogP contribution in [0.25, 0.3) is 0 Å². The number of benzene rings is 1. The smallest absolute Gasteiger partial charge is 0.337 e. The number of hydrogen-bond acceptors (Lipinski definition) is 4. The van der Waals surface area contributed by atoms with Gasteiger partial charge in [0.05, 0.1) is 31.3 Å². The van der Waals surface area contributed by atoms with Crippen molar-refractivity contribution in [2.24, 2.45) is 0 Å². The van der Waals surface area contributed by atoms with Crippen LogP contribution in [0.4, 0.5) is 5.69 Å². The van der Waals surface area contributed by atoms with Crippen LogP contribution >= 0.6 is 0 Å². The predicted molar refractivity (Wildman–Crippen MR) is 69.2 cm³/mol. The normalized spacial score (nSPS) is 15.0. The lowest BCUT2D eigenvalue weighted by molar-refractivity contribution is -0.121. The lowest BCUT2D eigenvalue weighted by Crippen LogP contribution is -2.26. The van der Waals surface area contributed by atoms with Gasteiger partial charge in [-0.2, -0.15) is 0 Å². The first-order valence-electron chi connectivity index (χ1n) is 5.95. The van der Waals surface area contributed by atoms with Crippen molar-refractivity contribution in [2.45, 2.75) is 20.3 Å². The average Bonchev–Trinajstić information content (AvgIpc) is 2.66. The number of nitrogens with zero attached hydrogens (tertiary/aromatic N) is 1. The number of ether oxygens (including phenoxy) is 1. The maximum absolute atomic E-state index is 11.8. The van der Waals surface area contributed by atoms with Gasteiger partial charge in [-0.15, -0.1) is 0 Å². The number of esters is 1. The third-order valence-corrected chi connectivity index (χ3v) is 3.17. The van der Waals surface area contributed by atoms with E-state index in [0.29, 0.717) is 11.3 Å². The van der Waals surface area contributed by atoms with Gasteiger partial charge in [0.2, 0.25) is 5.91 Å². The number of carbonyl (C=O) groups is 3. The number of anilines is 1. The number of hydrogen-bond donors (Lipinski definition) is 0. The van der Waals surface area contributed by atoms with E-state index in [4.69, 9.17) is 0 Å². The topological polar surface area (TPSA) is 63.7 Å². The fraction of sp³-hybridized carbons (Fsp3) is 0.357. The molecule has 1 heterocycles. The highest BCUT2D eigenvalue weighted by Gasteiger charge is 2.30. The van der Waals surface area contributed by atoms with Gasteiger partial charge >= 0.3 is 5.97 Å². The lowest BCUT2D eigenvalue weighted by atomic mass is 10.0. The van der Waals surface area contributed by atoms with Crippen LogP contribution < -0.4 is 4.90 Å². The molecule has 0 unspecified atom stereocenters. The molecule has 5 nitrogen and oxygen atoms in total. The molecule has 1 aromatic rings. The summed E-state index contributed by atoms with van der Waals surface area (Å²) in [7, 11) is 1.32. The van der Waals surface area contributed by atoms with Gasteiger partial charge in [-0.3, -0.25) is 9.59 Å². The summed E-state index contributed by atoms with van der Waals surface area (Å²) in [6.07, 6.45) is -0.0440. The molecule has 1 aromatic carbocycles. The van der Waals surface area contributed by atoms with E-state index in [1.54, 1.807) is 12.1 Å². The van der Waals surface area contributed by atoms with E-state index in [2.05, 4.69) is 4.74 Å². The highest BCUT2D eigenvalue weighted by Crippen LogP contribution is 2.29. The Morgan fingerprint density at radius 1 is 1.21 bits per heavy atom. The Hall–Kier alpha value is -2.17. The molecular formula is C14H15NO4. The van der Waals surface area contributed by atoms with E-state index < -0.39 is 5.97 Å². The van der Waals surface area contributed by atoms with Gasteiger partial charge in [0.1, 0.15) is 0 Å². The van der Waals surface area contributed by atoms with Crippen molar-refractivity contribution in [1.82, 2.24) is 0 Å². The van der Waals surface area contributed by atoms with E-state index in [1.165, 1.54) is 12.0 Å². The van der Waals surface area contributed by atoms with Gasteiger partial charge in [0.25, 0.3) is 0 Å². The van der Waals surface area contributed by atoms with Crippen molar-refractivity contribution >= 4 is 23.3 Å². The highest BCUT2D eigenvalue weighted by molar-refractivity contribution is 6.15. The average molecular weight is 261 g/mol. The summed E-state index contributed by atoms with van der Waals surface area (Å²) in [5.41, 5.74) is 2.72. The van der Waals surface area contributed by atoms with Gasteiger partial charge in [-0.1, -0.05) is 0 Å². The van der Waals surface area contributed by atoms with Crippen molar-refractivity contribution in [3.8, 4) is 0 Å². The second-order valence-electron chi connectivity index (χ2n) is 4.65. The summed E-state index contributed by atoms with van der Waals surface area (Å²) < 4.78 is 4.68. The number of methoxy groups -OCH3 is 1. The van der Waals surface area contributed by atoms with Crippen LogP contribution in [-0.2, 0) is 14.3 Å². The highest BCUT2D eigenvalue weighted by atomic mass is 16.5. The Morgan fingerprint density at radius 2 is 1.79 bits per heavy atom. The molecule has 1 amide bonds. The molecule has 1 aliphatic heterocycles. The van der Waals surface area contributed by atoms with E-state index in [1.807, 2.05) is 13.8 Å². The number of ketones is 1. The quantitative estimate of drug-likeness (QED) is 0.596. The summed E-state index contributed by atoms with van der Waals surface area (Å²) in [4.78, 5) is 36.1. The molecule has 0 radical (unpaired) electrons. The summed E-state index contributed by atoms with van der Waals surface area (Å²) in [6, 6.07) is 3.34. The van der Waals surface area contributed by atoms with Crippen LogP contribution in [0, 0.1) is 13.8 Å². The molecule has 0 aromatic heterocycles. The zero-order valence-electron chi connectivity index (χ0n) is 11.1. The summed E-state index contributed by atoms with van der Waals surface area (Å²) in [6.45, 7) is 3.73. The van der Waals surface area contributed by atoms with Crippen molar-refractivity contribution in [1.29, 1.82) is 0 Å². The Balaban J connectivity index is 2.45. The molecule has 2 rings (SSSR count). The third-order valence-electron chi connectivity index (χ3n) is 3.17. The molecule has 100 valence electrons. The molecule has 0 bridgehead atoms. The van der Waals surface area contributed by atoms with Gasteiger partial charge in [0.15, 0.2) is 5.78 Å². The minimum absolute atomic E-state index is 0.0440. The molecule has 19 heavy (non-hydrogen) atoms. The van der Waals surface area contributed by atoms with Crippen LogP contribution in [0.3, 0.4) is 0 Å². The maximum atomic E-state index is 11.8. The predicted octanol–water partition coefficient (Wildman–Crippen LogP) is 1.40. The van der Waals surface area contributed by atoms with Crippen LogP contribution in [0.15, 0.2) is 12.1 Å². The molecule has 5 heteroatoms. The number of carbonyl (C=O) groups excluding carboxylic acids is 3. The van der Waals surface area contributed by atoms with Gasteiger partial charge in [-0.05, 0) is 37.1 Å². The first kappa shape index (κ1) is 13.3.